The van der Waals surface area contributed by atoms with Crippen molar-refractivity contribution in [2.45, 2.75) is 19.3 Å². The summed E-state index contributed by atoms with van der Waals surface area (Å²) in [5.41, 5.74) is 1.08. The minimum atomic E-state index is -0.909. The Morgan fingerprint density at radius 2 is 2.27 bits per heavy atom. The average Bonchev–Trinajstić information content (AvgIpc) is 2.25. The molecule has 0 atom stereocenters. The molecule has 0 spiro atoms. The fourth-order valence-electron chi connectivity index (χ4n) is 1.52. The Bertz CT molecular complexity index is 345. The lowest BCUT2D eigenvalue weighted by Gasteiger charge is -2.10. The van der Waals surface area contributed by atoms with Crippen LogP contribution in [0.5, 0.6) is 5.75 Å². The molecule has 1 rings (SSSR count). The second-order valence-electron chi connectivity index (χ2n) is 3.25. The minimum absolute atomic E-state index is 0.322. The number of hydrogen-bond acceptors (Lipinski definition) is 2. The minimum Gasteiger partial charge on any atom is -0.496 e. The smallest absolute Gasteiger partial charge is 0.336 e. The van der Waals surface area contributed by atoms with Crippen molar-refractivity contribution in [3.05, 3.63) is 36.2 Å². The molecule has 1 radical (unpaired) electrons. The summed E-state index contributed by atoms with van der Waals surface area (Å²) < 4.78 is 5.15. The molecular weight excluding hydrogens is 192 g/mol. The lowest BCUT2D eigenvalue weighted by Crippen LogP contribution is -2.04. The van der Waals surface area contributed by atoms with E-state index in [0.29, 0.717) is 17.7 Å². The zero-order valence-corrected chi connectivity index (χ0v) is 8.82. The molecule has 1 aromatic carbocycles. The molecule has 0 bridgehead atoms. The third-order valence-corrected chi connectivity index (χ3v) is 2.26. The first-order chi connectivity index (χ1) is 7.20. The van der Waals surface area contributed by atoms with Gasteiger partial charge in [0.05, 0.1) is 12.7 Å². The van der Waals surface area contributed by atoms with Gasteiger partial charge < -0.3 is 9.84 Å². The topological polar surface area (TPSA) is 46.5 Å². The van der Waals surface area contributed by atoms with Crippen LogP contribution in [-0.4, -0.2) is 18.2 Å². The van der Waals surface area contributed by atoms with Crippen molar-refractivity contribution < 1.29 is 14.6 Å². The van der Waals surface area contributed by atoms with Crippen LogP contribution in [0.1, 0.15) is 28.8 Å². The number of ether oxygens (including phenoxy) is 1. The van der Waals surface area contributed by atoms with Gasteiger partial charge in [-0.1, -0.05) is 19.4 Å². The SMILES string of the molecule is [CH2]CCCc1c(OC)cccc1C(=O)O. The Kier molecular flexibility index (Phi) is 4.16. The molecule has 1 N–H and O–H groups in total. The van der Waals surface area contributed by atoms with Gasteiger partial charge in [-0.3, -0.25) is 0 Å². The molecular formula is C12H15O3. The molecule has 0 aliphatic rings. The molecule has 15 heavy (non-hydrogen) atoms. The Morgan fingerprint density at radius 3 is 2.80 bits per heavy atom. The molecule has 0 heterocycles. The van der Waals surface area contributed by atoms with E-state index < -0.39 is 5.97 Å². The van der Waals surface area contributed by atoms with E-state index in [9.17, 15) is 4.79 Å². The van der Waals surface area contributed by atoms with Crippen molar-refractivity contribution in [1.82, 2.24) is 0 Å². The van der Waals surface area contributed by atoms with Crippen molar-refractivity contribution in [1.29, 1.82) is 0 Å². The van der Waals surface area contributed by atoms with Gasteiger partial charge in [0, 0.05) is 5.56 Å². The van der Waals surface area contributed by atoms with Gasteiger partial charge in [-0.05, 0) is 25.0 Å². The van der Waals surface area contributed by atoms with Crippen molar-refractivity contribution >= 4 is 5.97 Å². The second kappa shape index (κ2) is 5.39. The second-order valence-corrected chi connectivity index (χ2v) is 3.25. The van der Waals surface area contributed by atoms with Crippen LogP contribution in [0.15, 0.2) is 18.2 Å². The van der Waals surface area contributed by atoms with Crippen LogP contribution >= 0.6 is 0 Å². The zero-order chi connectivity index (χ0) is 11.3. The van der Waals surface area contributed by atoms with E-state index in [0.717, 1.165) is 18.4 Å². The maximum absolute atomic E-state index is 11.0. The number of carboxylic acids is 1. The summed E-state index contributed by atoms with van der Waals surface area (Å²) in [6, 6.07) is 5.07. The molecule has 0 saturated carbocycles. The third-order valence-electron chi connectivity index (χ3n) is 2.26. The lowest BCUT2D eigenvalue weighted by molar-refractivity contribution is 0.0695. The monoisotopic (exact) mass is 207 g/mol. The van der Waals surface area contributed by atoms with Gasteiger partial charge in [0.1, 0.15) is 5.75 Å². The van der Waals surface area contributed by atoms with E-state index in [-0.39, 0.29) is 0 Å². The van der Waals surface area contributed by atoms with Gasteiger partial charge in [0.25, 0.3) is 0 Å². The van der Waals surface area contributed by atoms with Gasteiger partial charge in [0.2, 0.25) is 0 Å². The number of unbranched alkanes of at least 4 members (excludes halogenated alkanes) is 1. The largest absolute Gasteiger partial charge is 0.496 e. The first-order valence-electron chi connectivity index (χ1n) is 4.89. The molecule has 1 aromatic rings. The van der Waals surface area contributed by atoms with Crippen molar-refractivity contribution in [2.24, 2.45) is 0 Å². The Balaban J connectivity index is 3.08. The van der Waals surface area contributed by atoms with Gasteiger partial charge in [-0.15, -0.1) is 0 Å². The van der Waals surface area contributed by atoms with E-state index in [1.807, 2.05) is 0 Å². The Labute approximate surface area is 89.7 Å². The van der Waals surface area contributed by atoms with Gasteiger partial charge in [-0.2, -0.15) is 0 Å². The van der Waals surface area contributed by atoms with Crippen LogP contribution in [0.25, 0.3) is 0 Å². The number of rotatable bonds is 5. The van der Waals surface area contributed by atoms with E-state index in [1.54, 1.807) is 25.3 Å². The quantitative estimate of drug-likeness (QED) is 0.807. The van der Waals surface area contributed by atoms with Crippen LogP contribution in [0, 0.1) is 6.92 Å². The third kappa shape index (κ3) is 2.72. The van der Waals surface area contributed by atoms with Gasteiger partial charge in [0.15, 0.2) is 0 Å². The van der Waals surface area contributed by atoms with Crippen LogP contribution in [0.2, 0.25) is 0 Å². The Morgan fingerprint density at radius 1 is 1.53 bits per heavy atom. The van der Waals surface area contributed by atoms with Gasteiger partial charge >= 0.3 is 5.97 Å². The summed E-state index contributed by atoms with van der Waals surface area (Å²) in [4.78, 5) is 11.0. The first-order valence-corrected chi connectivity index (χ1v) is 4.89. The van der Waals surface area contributed by atoms with E-state index in [2.05, 4.69) is 6.92 Å². The maximum atomic E-state index is 11.0. The standard InChI is InChI=1S/C12H15O3/c1-3-4-6-9-10(12(13)14)7-5-8-11(9)15-2/h5,7-8H,1,3-4,6H2,2H3,(H,13,14). The fraction of sp³-hybridized carbons (Fsp3) is 0.333. The normalized spacial score (nSPS) is 10.0. The molecule has 0 aromatic heterocycles. The summed E-state index contributed by atoms with van der Waals surface area (Å²) in [6.07, 6.45) is 2.34. The highest BCUT2D eigenvalue weighted by atomic mass is 16.5. The molecule has 0 fully saturated rings. The Hall–Kier alpha value is -1.51. The first kappa shape index (κ1) is 11.6. The van der Waals surface area contributed by atoms with E-state index in [1.165, 1.54) is 0 Å². The van der Waals surface area contributed by atoms with Crippen molar-refractivity contribution in [2.75, 3.05) is 7.11 Å². The number of carboxylic acid groups (broad SMARTS) is 1. The highest BCUT2D eigenvalue weighted by Gasteiger charge is 2.13. The average molecular weight is 207 g/mol. The summed E-state index contributed by atoms with van der Waals surface area (Å²) in [5.74, 6) is -0.267. The van der Waals surface area contributed by atoms with Gasteiger partial charge in [-0.25, -0.2) is 4.79 Å². The van der Waals surface area contributed by atoms with Crippen LogP contribution in [-0.2, 0) is 6.42 Å². The molecule has 3 heteroatoms. The number of methoxy groups -OCH3 is 1. The molecule has 3 nitrogen and oxygen atoms in total. The zero-order valence-electron chi connectivity index (χ0n) is 8.82. The summed E-state index contributed by atoms with van der Waals surface area (Å²) in [5, 5.41) is 9.01. The van der Waals surface area contributed by atoms with Crippen LogP contribution in [0.3, 0.4) is 0 Å². The lowest BCUT2D eigenvalue weighted by atomic mass is 10.0. The molecule has 0 aliphatic carbocycles. The molecule has 0 unspecified atom stereocenters. The highest BCUT2D eigenvalue weighted by Crippen LogP contribution is 2.24. The van der Waals surface area contributed by atoms with E-state index in [4.69, 9.17) is 9.84 Å². The van der Waals surface area contributed by atoms with Crippen molar-refractivity contribution in [3.8, 4) is 5.75 Å². The summed E-state index contributed by atoms with van der Waals surface area (Å²) >= 11 is 0. The predicted octanol–water partition coefficient (Wildman–Crippen LogP) is 2.55. The molecule has 81 valence electrons. The summed E-state index contributed by atoms with van der Waals surface area (Å²) in [6.45, 7) is 3.74. The molecule has 0 aliphatic heterocycles. The predicted molar refractivity (Wildman–Crippen MR) is 58.2 cm³/mol. The molecule has 0 amide bonds. The number of aromatic carboxylic acids is 1. The maximum Gasteiger partial charge on any atom is 0.336 e. The van der Waals surface area contributed by atoms with E-state index >= 15 is 0 Å². The van der Waals surface area contributed by atoms with Crippen molar-refractivity contribution in [3.63, 3.8) is 0 Å². The number of hydrogen-bond donors (Lipinski definition) is 1. The fourth-order valence-corrected chi connectivity index (χ4v) is 1.52. The van der Waals surface area contributed by atoms with Crippen LogP contribution < -0.4 is 4.74 Å². The highest BCUT2D eigenvalue weighted by molar-refractivity contribution is 5.90. The number of benzene rings is 1. The number of carbonyl (C=O) groups is 1. The summed E-state index contributed by atoms with van der Waals surface area (Å²) in [7, 11) is 1.55. The molecule has 0 saturated heterocycles. The van der Waals surface area contributed by atoms with Crippen LogP contribution in [0.4, 0.5) is 0 Å².